The number of aliphatic imine (C=N–C) groups is 1. The van der Waals surface area contributed by atoms with E-state index in [0.717, 1.165) is 24.2 Å². The minimum Gasteiger partial charge on any atom is -0.428 e. The number of allylic oxidation sites excluding steroid dienone is 1. The maximum Gasteiger partial charge on any atom is 0.254 e. The zero-order chi connectivity index (χ0) is 21.9. The highest BCUT2D eigenvalue weighted by Gasteiger charge is 2.43. The lowest BCUT2D eigenvalue weighted by Crippen LogP contribution is -2.51. The second-order valence-electron chi connectivity index (χ2n) is 7.93. The fraction of sp³-hybridized carbons (Fsp3) is 0.429. The number of halogens is 1. The van der Waals surface area contributed by atoms with Crippen LogP contribution in [0.25, 0.3) is 0 Å². The van der Waals surface area contributed by atoms with Gasteiger partial charge in [0.1, 0.15) is 17.0 Å². The zero-order valence-electron chi connectivity index (χ0n) is 17.2. The molecule has 2 aliphatic rings. The summed E-state index contributed by atoms with van der Waals surface area (Å²) in [5.41, 5.74) is 0.949. The van der Waals surface area contributed by atoms with E-state index >= 15 is 0 Å². The highest BCUT2D eigenvalue weighted by atomic mass is 127. The van der Waals surface area contributed by atoms with Gasteiger partial charge in [0.05, 0.1) is 0 Å². The van der Waals surface area contributed by atoms with Gasteiger partial charge in [0.2, 0.25) is 12.3 Å². The normalized spacial score (nSPS) is 19.1. The number of amidine groups is 1. The Kier molecular flexibility index (Phi) is 6.79. The van der Waals surface area contributed by atoms with Crippen LogP contribution in [-0.4, -0.2) is 41.5 Å². The first-order valence-corrected chi connectivity index (χ1v) is 10.7. The van der Waals surface area contributed by atoms with Crippen LogP contribution in [0, 0.1) is 5.41 Å². The Balaban J connectivity index is 1.90. The van der Waals surface area contributed by atoms with Crippen molar-refractivity contribution < 1.29 is 17.4 Å². The summed E-state index contributed by atoms with van der Waals surface area (Å²) in [7, 11) is 0. The summed E-state index contributed by atoms with van der Waals surface area (Å²) in [6.45, 7) is 6.21. The highest BCUT2D eigenvalue weighted by molar-refractivity contribution is 14.1. The van der Waals surface area contributed by atoms with E-state index < -0.39 is 11.3 Å². The van der Waals surface area contributed by atoms with Gasteiger partial charge in [-0.05, 0) is 44.9 Å². The van der Waals surface area contributed by atoms with Gasteiger partial charge in [-0.15, -0.1) is 0 Å². The minimum absolute atomic E-state index is 0.117. The van der Waals surface area contributed by atoms with Crippen LogP contribution in [0.4, 0.5) is 0 Å². The van der Waals surface area contributed by atoms with E-state index in [1.54, 1.807) is 47.0 Å². The topological polar surface area (TPSA) is 100 Å². The summed E-state index contributed by atoms with van der Waals surface area (Å²) in [6.07, 6.45) is 3.79. The largest absolute Gasteiger partial charge is 0.428 e. The molecule has 8 nitrogen and oxygen atoms in total. The number of amides is 3. The third kappa shape index (κ3) is 4.50. The van der Waals surface area contributed by atoms with Crippen LogP contribution < -0.4 is 13.7 Å². The third-order valence-electron chi connectivity index (χ3n) is 5.26. The van der Waals surface area contributed by atoms with Crippen molar-refractivity contribution in [2.45, 2.75) is 46.2 Å². The molecule has 0 saturated heterocycles. The number of carbonyl (C=O) groups excluding carboxylic acids is 3. The lowest BCUT2D eigenvalue weighted by molar-refractivity contribution is -0.132. The molecule has 160 valence electrons. The number of nitrogens with zero attached hydrogens (tertiary/aromatic N) is 2. The number of carbonyl (C=O) groups is 3. The molecule has 0 bridgehead atoms. The van der Waals surface area contributed by atoms with Crippen LogP contribution in [0.3, 0.4) is 0 Å². The molecule has 30 heavy (non-hydrogen) atoms. The van der Waals surface area contributed by atoms with Gasteiger partial charge < -0.3 is 13.3 Å². The summed E-state index contributed by atoms with van der Waals surface area (Å²) in [4.78, 5) is 43.2. The number of nitrogens with one attached hydrogen (secondary N) is 2. The molecule has 1 atom stereocenters. The first-order valence-electron chi connectivity index (χ1n) is 9.78. The smallest absolute Gasteiger partial charge is 0.254 e. The van der Waals surface area contributed by atoms with Crippen molar-refractivity contribution in [2.75, 3.05) is 6.54 Å². The molecule has 0 fully saturated rings. The average Bonchev–Trinajstić information content (AvgIpc) is 3.02. The summed E-state index contributed by atoms with van der Waals surface area (Å²) < 4.78 is 5.20. The van der Waals surface area contributed by atoms with Gasteiger partial charge in [-0.25, -0.2) is 0 Å². The number of benzene rings is 1. The van der Waals surface area contributed by atoms with Crippen LogP contribution in [0.5, 0.6) is 5.75 Å². The predicted octanol–water partition coefficient (Wildman–Crippen LogP) is 2.72. The standard InChI is InChI=1S/C21H25IN4O4/c1-13(2)24-18-6-4-5-17(25-18)21(3,20(29)23-12-27)11-26-10-14-7-8-15(30-22)9-16(14)19(26)28/h5,7-9,12-13H,4,6,10-11H2,1-3H3,(H,24,25)(H,23,27,29)/t21-/m1/s1. The van der Waals surface area contributed by atoms with Gasteiger partial charge in [-0.3, -0.25) is 24.7 Å². The van der Waals surface area contributed by atoms with Crippen molar-refractivity contribution in [1.82, 2.24) is 15.5 Å². The maximum atomic E-state index is 13.0. The number of fused-ring (bicyclic) bond motifs is 1. The molecule has 1 aromatic carbocycles. The van der Waals surface area contributed by atoms with Crippen LogP contribution in [0.2, 0.25) is 0 Å². The molecule has 0 spiro atoms. The average molecular weight is 524 g/mol. The predicted molar refractivity (Wildman–Crippen MR) is 121 cm³/mol. The lowest BCUT2D eigenvalue weighted by atomic mass is 9.82. The molecule has 0 unspecified atom stereocenters. The Morgan fingerprint density at radius 3 is 2.90 bits per heavy atom. The van der Waals surface area contributed by atoms with Gasteiger partial charge in [0.15, 0.2) is 23.0 Å². The lowest BCUT2D eigenvalue weighted by Gasteiger charge is -2.36. The van der Waals surface area contributed by atoms with E-state index in [1.807, 2.05) is 26.0 Å². The van der Waals surface area contributed by atoms with Crippen molar-refractivity contribution >= 4 is 47.1 Å². The molecule has 2 heterocycles. The fourth-order valence-electron chi connectivity index (χ4n) is 3.78. The number of hydrogen-bond donors (Lipinski definition) is 2. The van der Waals surface area contributed by atoms with Crippen LogP contribution in [0.1, 0.15) is 49.5 Å². The maximum absolute atomic E-state index is 13.0. The van der Waals surface area contributed by atoms with Crippen molar-refractivity contribution in [3.63, 3.8) is 0 Å². The second kappa shape index (κ2) is 9.15. The Hall–Kier alpha value is -2.43. The van der Waals surface area contributed by atoms with E-state index in [1.165, 1.54) is 0 Å². The first-order chi connectivity index (χ1) is 14.3. The molecular weight excluding hydrogens is 499 g/mol. The second-order valence-corrected chi connectivity index (χ2v) is 8.37. The van der Waals surface area contributed by atoms with Crippen LogP contribution in [0.15, 0.2) is 35.0 Å². The van der Waals surface area contributed by atoms with E-state index in [9.17, 15) is 14.4 Å². The Morgan fingerprint density at radius 1 is 1.47 bits per heavy atom. The summed E-state index contributed by atoms with van der Waals surface area (Å²) >= 11 is 1.77. The monoisotopic (exact) mass is 524 g/mol. The van der Waals surface area contributed by atoms with Gasteiger partial charge in [-0.1, -0.05) is 12.1 Å². The molecule has 0 aliphatic carbocycles. The molecule has 0 radical (unpaired) electrons. The van der Waals surface area contributed by atoms with Gasteiger partial charge in [-0.2, -0.15) is 0 Å². The van der Waals surface area contributed by atoms with Crippen LogP contribution >= 0.6 is 23.0 Å². The Morgan fingerprint density at radius 2 is 2.23 bits per heavy atom. The van der Waals surface area contributed by atoms with E-state index in [-0.39, 0.29) is 18.5 Å². The molecule has 1 aromatic rings. The molecule has 3 amide bonds. The van der Waals surface area contributed by atoms with Crippen molar-refractivity contribution in [2.24, 2.45) is 10.4 Å². The molecule has 3 rings (SSSR count). The summed E-state index contributed by atoms with van der Waals surface area (Å²) in [5.74, 6) is 0.754. The van der Waals surface area contributed by atoms with E-state index in [4.69, 9.17) is 3.07 Å². The van der Waals surface area contributed by atoms with E-state index in [0.29, 0.717) is 30.0 Å². The first kappa shape index (κ1) is 22.3. The van der Waals surface area contributed by atoms with E-state index in [2.05, 4.69) is 15.6 Å². The molecule has 9 heteroatoms. The van der Waals surface area contributed by atoms with Crippen molar-refractivity contribution in [3.05, 3.63) is 41.1 Å². The SMILES string of the molecule is CC(C)N=C1CCC=C([C@@](C)(CN2Cc3ccc(OI)cc3C2=O)C(=O)NC=O)N1. The molecule has 2 aliphatic heterocycles. The number of imide groups is 1. The fourth-order valence-corrected chi connectivity index (χ4v) is 4.06. The molecule has 0 saturated carbocycles. The van der Waals surface area contributed by atoms with Crippen LogP contribution in [-0.2, 0) is 16.1 Å². The quantitative estimate of drug-likeness (QED) is 0.422. The molecule has 2 N–H and O–H groups in total. The Labute approximate surface area is 189 Å². The summed E-state index contributed by atoms with van der Waals surface area (Å²) in [5, 5.41) is 5.54. The van der Waals surface area contributed by atoms with Gasteiger partial charge >= 0.3 is 0 Å². The number of hydrogen-bond acceptors (Lipinski definition) is 5. The minimum atomic E-state index is -1.14. The highest BCUT2D eigenvalue weighted by Crippen LogP contribution is 2.34. The summed E-state index contributed by atoms with van der Waals surface area (Å²) in [6, 6.07) is 5.49. The third-order valence-corrected chi connectivity index (χ3v) is 5.77. The van der Waals surface area contributed by atoms with Gasteiger partial charge in [0, 0.05) is 36.8 Å². The Bertz CT molecular complexity index is 928. The van der Waals surface area contributed by atoms with Gasteiger partial charge in [0.25, 0.3) is 5.91 Å². The molecule has 0 aromatic heterocycles. The van der Waals surface area contributed by atoms with Crippen molar-refractivity contribution in [3.8, 4) is 5.75 Å². The number of rotatable bonds is 7. The zero-order valence-corrected chi connectivity index (χ0v) is 19.4. The van der Waals surface area contributed by atoms with Crippen molar-refractivity contribution in [1.29, 1.82) is 0 Å². The molecular formula is C21H25IN4O4.